The molecule has 2 aliphatic heterocycles. The van der Waals surface area contributed by atoms with Gasteiger partial charge in [-0.2, -0.15) is 0 Å². The Morgan fingerprint density at radius 2 is 2.27 bits per heavy atom. The first kappa shape index (κ1) is 17.6. The average Bonchev–Trinajstić information content (AvgIpc) is 3.27. The number of piperidine rings is 1. The van der Waals surface area contributed by atoms with Crippen LogP contribution in [0.4, 0.5) is 5.13 Å². The summed E-state index contributed by atoms with van der Waals surface area (Å²) in [6, 6.07) is 5.56. The van der Waals surface area contributed by atoms with Crippen LogP contribution in [-0.4, -0.2) is 48.0 Å². The Hall–Kier alpha value is -1.80. The number of aromatic nitrogens is 1. The van der Waals surface area contributed by atoms with Crippen LogP contribution in [-0.2, 0) is 9.59 Å². The van der Waals surface area contributed by atoms with Crippen LogP contribution in [0.3, 0.4) is 0 Å². The molecule has 2 saturated heterocycles. The molecule has 0 aliphatic carbocycles. The van der Waals surface area contributed by atoms with Crippen molar-refractivity contribution in [1.82, 2.24) is 10.3 Å². The van der Waals surface area contributed by atoms with E-state index in [0.29, 0.717) is 6.54 Å². The predicted molar refractivity (Wildman–Crippen MR) is 105 cm³/mol. The maximum atomic E-state index is 12.6. The third-order valence-electron chi connectivity index (χ3n) is 4.90. The molecular formula is C18H21N3O3S2. The highest BCUT2D eigenvalue weighted by Crippen LogP contribution is 2.33. The number of rotatable bonds is 4. The van der Waals surface area contributed by atoms with Crippen LogP contribution < -0.4 is 15.0 Å². The highest BCUT2D eigenvalue weighted by Gasteiger charge is 2.32. The molecule has 0 radical (unpaired) electrons. The number of hydrogen-bond donors (Lipinski definition) is 1. The zero-order valence-electron chi connectivity index (χ0n) is 14.6. The van der Waals surface area contributed by atoms with Crippen molar-refractivity contribution in [2.75, 3.05) is 30.9 Å². The summed E-state index contributed by atoms with van der Waals surface area (Å²) >= 11 is 2.94. The number of anilines is 1. The van der Waals surface area contributed by atoms with Crippen molar-refractivity contribution in [2.45, 2.75) is 25.3 Å². The fraction of sp³-hybridized carbons (Fsp3) is 0.500. The van der Waals surface area contributed by atoms with Crippen molar-refractivity contribution < 1.29 is 14.3 Å². The zero-order chi connectivity index (χ0) is 18.1. The van der Waals surface area contributed by atoms with Crippen LogP contribution >= 0.6 is 23.1 Å². The van der Waals surface area contributed by atoms with Crippen LogP contribution in [0.2, 0.25) is 0 Å². The molecule has 1 aromatic heterocycles. The van der Waals surface area contributed by atoms with Crippen LogP contribution in [0.1, 0.15) is 19.3 Å². The predicted octanol–water partition coefficient (Wildman–Crippen LogP) is 2.67. The van der Waals surface area contributed by atoms with Gasteiger partial charge in [-0.1, -0.05) is 23.1 Å². The normalized spacial score (nSPS) is 23.4. The van der Waals surface area contributed by atoms with Gasteiger partial charge in [-0.3, -0.25) is 9.59 Å². The molecule has 26 heavy (non-hydrogen) atoms. The molecular weight excluding hydrogens is 370 g/mol. The lowest BCUT2D eigenvalue weighted by Crippen LogP contribution is -2.47. The minimum Gasteiger partial charge on any atom is -0.497 e. The summed E-state index contributed by atoms with van der Waals surface area (Å²) in [6.45, 7) is 1.55. The van der Waals surface area contributed by atoms with E-state index < -0.39 is 0 Å². The lowest BCUT2D eigenvalue weighted by atomic mass is 9.97. The second-order valence-corrected chi connectivity index (χ2v) is 8.74. The number of amides is 1. The summed E-state index contributed by atoms with van der Waals surface area (Å²) in [5.74, 6) is 1.53. The number of carbonyl (C=O) groups excluding carboxylic acids is 2. The zero-order valence-corrected chi connectivity index (χ0v) is 16.2. The van der Waals surface area contributed by atoms with E-state index in [1.54, 1.807) is 18.4 Å². The van der Waals surface area contributed by atoms with Gasteiger partial charge in [0, 0.05) is 18.8 Å². The molecule has 2 atom stereocenters. The number of thioether (sulfide) groups is 1. The monoisotopic (exact) mass is 391 g/mol. The Bertz CT molecular complexity index is 838. The Balaban J connectivity index is 1.46. The molecule has 2 fully saturated rings. The molecule has 1 N–H and O–H groups in total. The second-order valence-electron chi connectivity index (χ2n) is 6.63. The van der Waals surface area contributed by atoms with E-state index in [9.17, 15) is 9.59 Å². The Morgan fingerprint density at radius 1 is 1.38 bits per heavy atom. The van der Waals surface area contributed by atoms with Crippen LogP contribution in [0, 0.1) is 5.92 Å². The molecule has 2 aliphatic rings. The van der Waals surface area contributed by atoms with E-state index in [2.05, 4.69) is 10.2 Å². The third-order valence-corrected chi connectivity index (χ3v) is 6.99. The minimum absolute atomic E-state index is 0.00155. The van der Waals surface area contributed by atoms with Crippen molar-refractivity contribution in [2.24, 2.45) is 5.92 Å². The van der Waals surface area contributed by atoms with Gasteiger partial charge < -0.3 is 15.0 Å². The lowest BCUT2D eigenvalue weighted by molar-refractivity contribution is -0.128. The summed E-state index contributed by atoms with van der Waals surface area (Å²) < 4.78 is 6.36. The van der Waals surface area contributed by atoms with Crippen molar-refractivity contribution in [3.63, 3.8) is 0 Å². The minimum atomic E-state index is -0.308. The SMILES string of the molecule is COc1ccc2nc(N3CCCC(C(=O)NC4CCSC4=O)C3)sc2c1. The van der Waals surface area contributed by atoms with Gasteiger partial charge in [0.2, 0.25) is 11.0 Å². The van der Waals surface area contributed by atoms with Crippen molar-refractivity contribution in [3.8, 4) is 5.75 Å². The Kier molecular flexibility index (Phi) is 5.04. The molecule has 3 heterocycles. The smallest absolute Gasteiger partial charge is 0.225 e. The number of nitrogens with one attached hydrogen (secondary N) is 1. The fourth-order valence-electron chi connectivity index (χ4n) is 3.44. The molecule has 2 aromatic rings. The van der Waals surface area contributed by atoms with Crippen LogP contribution in [0.15, 0.2) is 18.2 Å². The van der Waals surface area contributed by atoms with Crippen LogP contribution in [0.25, 0.3) is 10.2 Å². The summed E-state index contributed by atoms with van der Waals surface area (Å²) in [5.41, 5.74) is 0.950. The Labute approximate surface area is 160 Å². The van der Waals surface area contributed by atoms with Gasteiger partial charge in [0.15, 0.2) is 5.13 Å². The second kappa shape index (κ2) is 7.44. The Morgan fingerprint density at radius 3 is 3.04 bits per heavy atom. The summed E-state index contributed by atoms with van der Waals surface area (Å²) in [4.78, 5) is 31.3. The van der Waals surface area contributed by atoms with Gasteiger partial charge in [0.05, 0.1) is 29.3 Å². The number of thiazole rings is 1. The number of hydrogen-bond acceptors (Lipinski definition) is 7. The van der Waals surface area contributed by atoms with Gasteiger partial charge in [-0.15, -0.1) is 0 Å². The summed E-state index contributed by atoms with van der Waals surface area (Å²) in [7, 11) is 1.66. The van der Waals surface area contributed by atoms with Crippen LogP contribution in [0.5, 0.6) is 5.75 Å². The first-order valence-electron chi connectivity index (χ1n) is 8.80. The number of benzene rings is 1. The van der Waals surface area contributed by atoms with E-state index in [4.69, 9.17) is 9.72 Å². The third kappa shape index (κ3) is 3.53. The first-order valence-corrected chi connectivity index (χ1v) is 10.6. The highest BCUT2D eigenvalue weighted by molar-refractivity contribution is 8.14. The quantitative estimate of drug-likeness (QED) is 0.864. The standard InChI is InChI=1S/C18H21N3O3S2/c1-24-12-4-5-13-15(9-12)26-18(20-13)21-7-2-3-11(10-21)16(22)19-14-6-8-25-17(14)23/h4-5,9,11,14H,2-3,6-8,10H2,1H3,(H,19,22). The molecule has 138 valence electrons. The molecule has 1 amide bonds. The highest BCUT2D eigenvalue weighted by atomic mass is 32.2. The largest absolute Gasteiger partial charge is 0.497 e. The molecule has 0 bridgehead atoms. The summed E-state index contributed by atoms with van der Waals surface area (Å²) in [5, 5.41) is 3.97. The van der Waals surface area contributed by atoms with Gasteiger partial charge in [0.25, 0.3) is 0 Å². The summed E-state index contributed by atoms with van der Waals surface area (Å²) in [6.07, 6.45) is 2.55. The lowest BCUT2D eigenvalue weighted by Gasteiger charge is -2.32. The molecule has 6 nitrogen and oxygen atoms in total. The maximum absolute atomic E-state index is 12.6. The number of nitrogens with zero attached hydrogens (tertiary/aromatic N) is 2. The van der Waals surface area contributed by atoms with Gasteiger partial charge in [-0.25, -0.2) is 4.98 Å². The van der Waals surface area contributed by atoms with Gasteiger partial charge in [-0.05, 0) is 37.5 Å². The first-order chi connectivity index (χ1) is 12.6. The molecule has 2 unspecified atom stereocenters. The van der Waals surface area contributed by atoms with E-state index in [-0.39, 0.29) is 23.0 Å². The average molecular weight is 392 g/mol. The number of carbonyl (C=O) groups is 2. The number of methoxy groups -OCH3 is 1. The molecule has 4 rings (SSSR count). The topological polar surface area (TPSA) is 71.5 Å². The van der Waals surface area contributed by atoms with E-state index in [1.807, 2.05) is 18.2 Å². The number of ether oxygens (including phenoxy) is 1. The van der Waals surface area contributed by atoms with Crippen molar-refractivity contribution >= 4 is 49.5 Å². The molecule has 8 heteroatoms. The van der Waals surface area contributed by atoms with Gasteiger partial charge in [0.1, 0.15) is 5.75 Å². The van der Waals surface area contributed by atoms with Gasteiger partial charge >= 0.3 is 0 Å². The fourth-order valence-corrected chi connectivity index (χ4v) is 5.40. The number of fused-ring (bicyclic) bond motifs is 1. The maximum Gasteiger partial charge on any atom is 0.225 e. The molecule has 0 spiro atoms. The molecule has 0 saturated carbocycles. The van der Waals surface area contributed by atoms with E-state index in [0.717, 1.165) is 52.7 Å². The van der Waals surface area contributed by atoms with E-state index in [1.165, 1.54) is 11.8 Å². The molecule has 1 aromatic carbocycles. The van der Waals surface area contributed by atoms with Crippen molar-refractivity contribution in [3.05, 3.63) is 18.2 Å². The van der Waals surface area contributed by atoms with E-state index >= 15 is 0 Å². The van der Waals surface area contributed by atoms with Crippen molar-refractivity contribution in [1.29, 1.82) is 0 Å².